The zero-order chi connectivity index (χ0) is 20.1. The van der Waals surface area contributed by atoms with E-state index in [1.807, 2.05) is 45.0 Å². The van der Waals surface area contributed by atoms with Gasteiger partial charge in [0.2, 0.25) is 5.91 Å². The van der Waals surface area contributed by atoms with Crippen molar-refractivity contribution >= 4 is 17.4 Å². The molecule has 0 aromatic heterocycles. The highest BCUT2D eigenvalue weighted by molar-refractivity contribution is 6.07. The van der Waals surface area contributed by atoms with Gasteiger partial charge in [-0.05, 0) is 48.1 Å². The molecule has 0 bridgehead atoms. The molecule has 0 radical (unpaired) electrons. The fourth-order valence-electron chi connectivity index (χ4n) is 4.51. The van der Waals surface area contributed by atoms with Gasteiger partial charge in [0.25, 0.3) is 0 Å². The van der Waals surface area contributed by atoms with Crippen molar-refractivity contribution in [3.05, 3.63) is 76.7 Å². The van der Waals surface area contributed by atoms with Crippen LogP contribution in [-0.2, 0) is 9.59 Å². The zero-order valence-electron chi connectivity index (χ0n) is 16.5. The Labute approximate surface area is 164 Å². The fourth-order valence-corrected chi connectivity index (χ4v) is 4.51. The van der Waals surface area contributed by atoms with Crippen LogP contribution in [0.1, 0.15) is 50.2 Å². The van der Waals surface area contributed by atoms with E-state index in [0.29, 0.717) is 24.0 Å². The summed E-state index contributed by atoms with van der Waals surface area (Å²) in [6.45, 7) is 6.06. The van der Waals surface area contributed by atoms with E-state index < -0.39 is 5.92 Å². The molecule has 0 spiro atoms. The van der Waals surface area contributed by atoms with Gasteiger partial charge in [0.1, 0.15) is 5.82 Å². The summed E-state index contributed by atoms with van der Waals surface area (Å²) in [6, 6.07) is 14.2. The average molecular weight is 377 g/mol. The number of anilines is 1. The van der Waals surface area contributed by atoms with Gasteiger partial charge in [0.15, 0.2) is 5.78 Å². The minimum absolute atomic E-state index is 0.0182. The van der Waals surface area contributed by atoms with Crippen LogP contribution < -0.4 is 4.90 Å². The molecule has 3 nitrogen and oxygen atoms in total. The number of Topliss-reactive ketones (excluding diaryl/α,β-unsaturated/α-hetero) is 1. The van der Waals surface area contributed by atoms with Crippen molar-refractivity contribution in [3.63, 3.8) is 0 Å². The molecule has 0 saturated carbocycles. The Kier molecular flexibility index (Phi) is 4.45. The van der Waals surface area contributed by atoms with Gasteiger partial charge in [-0.2, -0.15) is 0 Å². The smallest absolute Gasteiger partial charge is 0.232 e. The standard InChI is InChI=1S/C24H24FNO2/c1-15-7-6-8-16(11-15)26-20-13-24(2,3)14-21(27)23(20)18(12-22(26)28)17-9-4-5-10-19(17)25/h4-11,18H,12-14H2,1-3H3. The second-order valence-electron chi connectivity index (χ2n) is 8.65. The van der Waals surface area contributed by atoms with Crippen LogP contribution in [0, 0.1) is 18.2 Å². The molecular weight excluding hydrogens is 353 g/mol. The summed E-state index contributed by atoms with van der Waals surface area (Å²) in [5.41, 5.74) is 3.34. The summed E-state index contributed by atoms with van der Waals surface area (Å²) in [4.78, 5) is 28.1. The zero-order valence-corrected chi connectivity index (χ0v) is 16.5. The molecule has 1 unspecified atom stereocenters. The number of ketones is 1. The normalized spacial score (nSPS) is 21.7. The van der Waals surface area contributed by atoms with Gasteiger partial charge in [-0.25, -0.2) is 4.39 Å². The van der Waals surface area contributed by atoms with Crippen molar-refractivity contribution in [2.45, 2.75) is 46.0 Å². The van der Waals surface area contributed by atoms with E-state index in [1.54, 1.807) is 23.1 Å². The van der Waals surface area contributed by atoms with Gasteiger partial charge in [-0.3, -0.25) is 14.5 Å². The summed E-state index contributed by atoms with van der Waals surface area (Å²) in [6.07, 6.45) is 1.12. The maximum atomic E-state index is 14.6. The molecule has 144 valence electrons. The van der Waals surface area contributed by atoms with Gasteiger partial charge in [0.05, 0.1) is 0 Å². The van der Waals surface area contributed by atoms with Crippen LogP contribution in [0.25, 0.3) is 0 Å². The predicted octanol–water partition coefficient (Wildman–Crippen LogP) is 5.30. The summed E-state index contributed by atoms with van der Waals surface area (Å²) in [5, 5.41) is 0. The number of carbonyl (C=O) groups is 2. The molecule has 0 saturated heterocycles. The molecule has 4 rings (SSSR count). The number of aryl methyl sites for hydroxylation is 1. The number of nitrogens with zero attached hydrogens (tertiary/aromatic N) is 1. The van der Waals surface area contributed by atoms with Crippen molar-refractivity contribution in [2.75, 3.05) is 4.90 Å². The highest BCUT2D eigenvalue weighted by Crippen LogP contribution is 2.48. The lowest BCUT2D eigenvalue weighted by Crippen LogP contribution is -2.43. The van der Waals surface area contributed by atoms with E-state index in [2.05, 4.69) is 0 Å². The molecule has 28 heavy (non-hydrogen) atoms. The lowest BCUT2D eigenvalue weighted by Gasteiger charge is -2.43. The van der Waals surface area contributed by atoms with E-state index in [1.165, 1.54) is 6.07 Å². The van der Waals surface area contributed by atoms with Crippen LogP contribution in [0.3, 0.4) is 0 Å². The van der Waals surface area contributed by atoms with Crippen molar-refractivity contribution in [2.24, 2.45) is 5.41 Å². The predicted molar refractivity (Wildman–Crippen MR) is 107 cm³/mol. The minimum Gasteiger partial charge on any atom is -0.294 e. The highest BCUT2D eigenvalue weighted by atomic mass is 19.1. The Hall–Kier alpha value is -2.75. The largest absolute Gasteiger partial charge is 0.294 e. The van der Waals surface area contributed by atoms with Gasteiger partial charge in [-0.15, -0.1) is 0 Å². The van der Waals surface area contributed by atoms with E-state index in [4.69, 9.17) is 0 Å². The van der Waals surface area contributed by atoms with Crippen molar-refractivity contribution in [1.29, 1.82) is 0 Å². The van der Waals surface area contributed by atoms with Crippen molar-refractivity contribution in [3.8, 4) is 0 Å². The third kappa shape index (κ3) is 3.17. The maximum Gasteiger partial charge on any atom is 0.232 e. The van der Waals surface area contributed by atoms with Gasteiger partial charge < -0.3 is 0 Å². The Morgan fingerprint density at radius 2 is 1.79 bits per heavy atom. The monoisotopic (exact) mass is 377 g/mol. The lowest BCUT2D eigenvalue weighted by atomic mass is 9.69. The van der Waals surface area contributed by atoms with Crippen LogP contribution >= 0.6 is 0 Å². The first-order valence-electron chi connectivity index (χ1n) is 9.67. The number of allylic oxidation sites excluding steroid dienone is 2. The average Bonchev–Trinajstić information content (AvgIpc) is 2.60. The van der Waals surface area contributed by atoms with Crippen LogP contribution in [0.4, 0.5) is 10.1 Å². The Morgan fingerprint density at radius 1 is 1.04 bits per heavy atom. The lowest BCUT2D eigenvalue weighted by molar-refractivity contribution is -0.121. The van der Waals surface area contributed by atoms with Gasteiger partial charge in [0, 0.05) is 35.7 Å². The molecule has 2 aliphatic rings. The van der Waals surface area contributed by atoms with Gasteiger partial charge >= 0.3 is 0 Å². The SMILES string of the molecule is Cc1cccc(N2C(=O)CC(c3ccccc3F)C3=C2CC(C)(C)CC3=O)c1. The third-order valence-corrected chi connectivity index (χ3v) is 5.68. The molecule has 0 N–H and O–H groups in total. The Bertz CT molecular complexity index is 1010. The number of halogens is 1. The van der Waals surface area contributed by atoms with E-state index in [9.17, 15) is 14.0 Å². The highest BCUT2D eigenvalue weighted by Gasteiger charge is 2.44. The molecule has 1 atom stereocenters. The fraction of sp³-hybridized carbons (Fsp3) is 0.333. The summed E-state index contributed by atoms with van der Waals surface area (Å²) < 4.78 is 14.6. The Balaban J connectivity index is 1.93. The van der Waals surface area contributed by atoms with Crippen LogP contribution in [0.5, 0.6) is 0 Å². The first kappa shape index (κ1) is 18.6. The third-order valence-electron chi connectivity index (χ3n) is 5.68. The summed E-state index contributed by atoms with van der Waals surface area (Å²) in [5.74, 6) is -0.963. The van der Waals surface area contributed by atoms with E-state index in [0.717, 1.165) is 16.9 Å². The number of amides is 1. The summed E-state index contributed by atoms with van der Waals surface area (Å²) >= 11 is 0. The quantitative estimate of drug-likeness (QED) is 0.712. The van der Waals surface area contributed by atoms with Crippen LogP contribution in [0.15, 0.2) is 59.8 Å². The molecule has 0 fully saturated rings. The number of carbonyl (C=O) groups excluding carboxylic acids is 2. The molecule has 2 aromatic rings. The number of benzene rings is 2. The molecular formula is C24H24FNO2. The molecule has 4 heteroatoms. The molecule has 1 aliphatic carbocycles. The molecule has 1 heterocycles. The Morgan fingerprint density at radius 3 is 2.50 bits per heavy atom. The molecule has 1 aliphatic heterocycles. The van der Waals surface area contributed by atoms with Crippen molar-refractivity contribution in [1.82, 2.24) is 0 Å². The first-order chi connectivity index (χ1) is 13.3. The second kappa shape index (κ2) is 6.69. The minimum atomic E-state index is -0.520. The van der Waals surface area contributed by atoms with Crippen molar-refractivity contribution < 1.29 is 14.0 Å². The number of hydrogen-bond donors (Lipinski definition) is 0. The number of hydrogen-bond acceptors (Lipinski definition) is 2. The maximum absolute atomic E-state index is 14.6. The van der Waals surface area contributed by atoms with Gasteiger partial charge in [-0.1, -0.05) is 44.2 Å². The van der Waals surface area contributed by atoms with E-state index in [-0.39, 0.29) is 29.3 Å². The van der Waals surface area contributed by atoms with Crippen LogP contribution in [0.2, 0.25) is 0 Å². The second-order valence-corrected chi connectivity index (χ2v) is 8.65. The topological polar surface area (TPSA) is 37.4 Å². The summed E-state index contributed by atoms with van der Waals surface area (Å²) in [7, 11) is 0. The first-order valence-corrected chi connectivity index (χ1v) is 9.67. The van der Waals surface area contributed by atoms with Crippen LogP contribution in [-0.4, -0.2) is 11.7 Å². The molecule has 2 aromatic carbocycles. The molecule has 1 amide bonds. The van der Waals surface area contributed by atoms with E-state index >= 15 is 0 Å². The number of rotatable bonds is 2.